The standard InChI is InChI=1S/C27H25FN2O3/c1-18(2)33-23-14-8-20(9-15-23)24-25(29-22-12-10-21(28)11-13-22)27(32)30(26(24)31)17-16-19-6-4-3-5-7-19/h3-15,18,29H,16-17H2,1-2H3. The highest BCUT2D eigenvalue weighted by Gasteiger charge is 2.39. The highest BCUT2D eigenvalue weighted by atomic mass is 19.1. The minimum atomic E-state index is -0.405. The second kappa shape index (κ2) is 9.69. The number of hydrogen-bond acceptors (Lipinski definition) is 4. The van der Waals surface area contributed by atoms with E-state index in [1.54, 1.807) is 24.3 Å². The summed E-state index contributed by atoms with van der Waals surface area (Å²) in [6.07, 6.45) is 0.574. The zero-order chi connectivity index (χ0) is 23.4. The second-order valence-corrected chi connectivity index (χ2v) is 8.07. The SMILES string of the molecule is CC(C)Oc1ccc(C2=C(Nc3ccc(F)cc3)C(=O)N(CCc3ccccc3)C2=O)cc1. The highest BCUT2D eigenvalue weighted by Crippen LogP contribution is 2.31. The lowest BCUT2D eigenvalue weighted by Crippen LogP contribution is -2.34. The first-order valence-corrected chi connectivity index (χ1v) is 10.9. The van der Waals surface area contributed by atoms with Crippen molar-refractivity contribution < 1.29 is 18.7 Å². The predicted molar refractivity (Wildman–Crippen MR) is 126 cm³/mol. The van der Waals surface area contributed by atoms with Crippen LogP contribution in [0.1, 0.15) is 25.0 Å². The van der Waals surface area contributed by atoms with E-state index in [-0.39, 0.29) is 35.6 Å². The van der Waals surface area contributed by atoms with E-state index in [4.69, 9.17) is 4.74 Å². The number of anilines is 1. The average Bonchev–Trinajstić information content (AvgIpc) is 3.04. The average molecular weight is 445 g/mol. The van der Waals surface area contributed by atoms with Gasteiger partial charge in [-0.2, -0.15) is 0 Å². The van der Waals surface area contributed by atoms with E-state index in [0.29, 0.717) is 23.4 Å². The van der Waals surface area contributed by atoms with Crippen LogP contribution in [0, 0.1) is 5.82 Å². The lowest BCUT2D eigenvalue weighted by atomic mass is 10.0. The van der Waals surface area contributed by atoms with Crippen molar-refractivity contribution in [3.63, 3.8) is 0 Å². The van der Waals surface area contributed by atoms with Gasteiger partial charge in [0.1, 0.15) is 17.3 Å². The lowest BCUT2D eigenvalue weighted by molar-refractivity contribution is -0.136. The molecule has 0 saturated carbocycles. The first-order chi connectivity index (χ1) is 15.9. The van der Waals surface area contributed by atoms with Crippen molar-refractivity contribution in [2.45, 2.75) is 26.4 Å². The molecule has 168 valence electrons. The smallest absolute Gasteiger partial charge is 0.278 e. The molecule has 5 nitrogen and oxygen atoms in total. The van der Waals surface area contributed by atoms with E-state index in [9.17, 15) is 14.0 Å². The topological polar surface area (TPSA) is 58.6 Å². The summed E-state index contributed by atoms with van der Waals surface area (Å²) in [6.45, 7) is 4.13. The third-order valence-corrected chi connectivity index (χ3v) is 5.26. The van der Waals surface area contributed by atoms with Gasteiger partial charge in [0.15, 0.2) is 0 Å². The molecule has 1 aliphatic heterocycles. The zero-order valence-electron chi connectivity index (χ0n) is 18.5. The summed E-state index contributed by atoms with van der Waals surface area (Å²) in [5.74, 6) is -0.468. The lowest BCUT2D eigenvalue weighted by Gasteiger charge is -2.15. The maximum absolute atomic E-state index is 13.4. The largest absolute Gasteiger partial charge is 0.491 e. The summed E-state index contributed by atoms with van der Waals surface area (Å²) in [7, 11) is 0. The molecule has 0 atom stereocenters. The number of amides is 2. The normalized spacial score (nSPS) is 13.8. The number of nitrogens with one attached hydrogen (secondary N) is 1. The van der Waals surface area contributed by atoms with Crippen molar-refractivity contribution in [1.29, 1.82) is 0 Å². The van der Waals surface area contributed by atoms with Gasteiger partial charge in [0.25, 0.3) is 11.8 Å². The van der Waals surface area contributed by atoms with Crippen LogP contribution in [-0.2, 0) is 16.0 Å². The number of ether oxygens (including phenoxy) is 1. The van der Waals surface area contributed by atoms with E-state index < -0.39 is 5.91 Å². The van der Waals surface area contributed by atoms with Crippen LogP contribution in [0.2, 0.25) is 0 Å². The second-order valence-electron chi connectivity index (χ2n) is 8.07. The molecule has 0 saturated heterocycles. The fourth-order valence-corrected chi connectivity index (χ4v) is 3.70. The number of rotatable bonds is 8. The molecule has 4 rings (SSSR count). The maximum atomic E-state index is 13.4. The predicted octanol–water partition coefficient (Wildman–Crippen LogP) is 5.05. The Morgan fingerprint density at radius 1 is 0.879 bits per heavy atom. The van der Waals surface area contributed by atoms with Gasteiger partial charge in [-0.25, -0.2) is 4.39 Å². The molecule has 1 heterocycles. The van der Waals surface area contributed by atoms with Gasteiger partial charge < -0.3 is 10.1 Å². The monoisotopic (exact) mass is 444 g/mol. The van der Waals surface area contributed by atoms with Gasteiger partial charge in [0, 0.05) is 12.2 Å². The van der Waals surface area contributed by atoms with Crippen molar-refractivity contribution >= 4 is 23.1 Å². The number of nitrogens with zero attached hydrogens (tertiary/aromatic N) is 1. The van der Waals surface area contributed by atoms with Crippen molar-refractivity contribution in [3.8, 4) is 5.75 Å². The maximum Gasteiger partial charge on any atom is 0.278 e. The van der Waals surface area contributed by atoms with E-state index in [0.717, 1.165) is 5.56 Å². The summed E-state index contributed by atoms with van der Waals surface area (Å²) in [5.41, 5.74) is 2.63. The zero-order valence-corrected chi connectivity index (χ0v) is 18.5. The quantitative estimate of drug-likeness (QED) is 0.494. The number of benzene rings is 3. The first kappa shape index (κ1) is 22.3. The number of halogens is 1. The molecule has 33 heavy (non-hydrogen) atoms. The molecule has 3 aromatic carbocycles. The molecule has 0 spiro atoms. The summed E-state index contributed by atoms with van der Waals surface area (Å²) in [5, 5.41) is 3.04. The number of carbonyl (C=O) groups is 2. The van der Waals surface area contributed by atoms with Crippen molar-refractivity contribution in [1.82, 2.24) is 4.90 Å². The van der Waals surface area contributed by atoms with E-state index in [2.05, 4.69) is 5.32 Å². The Balaban J connectivity index is 1.65. The Bertz CT molecular complexity index is 1170. The molecule has 0 aromatic heterocycles. The van der Waals surface area contributed by atoms with Gasteiger partial charge in [-0.1, -0.05) is 42.5 Å². The van der Waals surface area contributed by atoms with Gasteiger partial charge in [-0.05, 0) is 67.8 Å². The summed E-state index contributed by atoms with van der Waals surface area (Å²) in [6, 6.07) is 22.5. The molecular weight excluding hydrogens is 419 g/mol. The fourth-order valence-electron chi connectivity index (χ4n) is 3.70. The van der Waals surface area contributed by atoms with E-state index >= 15 is 0 Å². The third kappa shape index (κ3) is 5.12. The summed E-state index contributed by atoms with van der Waals surface area (Å²) >= 11 is 0. The molecule has 3 aromatic rings. The van der Waals surface area contributed by atoms with Crippen LogP contribution in [0.25, 0.3) is 5.57 Å². The number of carbonyl (C=O) groups excluding carboxylic acids is 2. The number of imide groups is 1. The van der Waals surface area contributed by atoms with Crippen LogP contribution < -0.4 is 10.1 Å². The van der Waals surface area contributed by atoms with Crippen LogP contribution in [0.4, 0.5) is 10.1 Å². The molecule has 0 unspecified atom stereocenters. The molecule has 0 fully saturated rings. The van der Waals surface area contributed by atoms with Gasteiger partial charge >= 0.3 is 0 Å². The summed E-state index contributed by atoms with van der Waals surface area (Å²) < 4.78 is 19.0. The molecule has 2 amide bonds. The van der Waals surface area contributed by atoms with Gasteiger partial charge in [0.2, 0.25) is 0 Å². The van der Waals surface area contributed by atoms with Gasteiger partial charge in [-0.15, -0.1) is 0 Å². The van der Waals surface area contributed by atoms with Gasteiger partial charge in [-0.3, -0.25) is 14.5 Å². The third-order valence-electron chi connectivity index (χ3n) is 5.26. The van der Waals surface area contributed by atoms with Crippen LogP contribution in [-0.4, -0.2) is 29.4 Å². The highest BCUT2D eigenvalue weighted by molar-refractivity contribution is 6.36. The molecular formula is C27H25FN2O3. The molecule has 1 aliphatic rings. The van der Waals surface area contributed by atoms with Crippen molar-refractivity contribution in [2.75, 3.05) is 11.9 Å². The minimum Gasteiger partial charge on any atom is -0.491 e. The Morgan fingerprint density at radius 3 is 2.18 bits per heavy atom. The molecule has 0 aliphatic carbocycles. The minimum absolute atomic E-state index is 0.0222. The van der Waals surface area contributed by atoms with E-state index in [1.165, 1.54) is 29.2 Å². The first-order valence-electron chi connectivity index (χ1n) is 10.9. The van der Waals surface area contributed by atoms with Gasteiger partial charge in [0.05, 0.1) is 11.7 Å². The molecule has 6 heteroatoms. The van der Waals surface area contributed by atoms with Crippen LogP contribution in [0.15, 0.2) is 84.6 Å². The molecule has 1 N–H and O–H groups in total. The van der Waals surface area contributed by atoms with Crippen LogP contribution in [0.5, 0.6) is 5.75 Å². The van der Waals surface area contributed by atoms with Crippen molar-refractivity contribution in [3.05, 3.63) is 102 Å². The summed E-state index contributed by atoms with van der Waals surface area (Å²) in [4.78, 5) is 27.9. The fraction of sp³-hybridized carbons (Fsp3) is 0.185. The van der Waals surface area contributed by atoms with Crippen LogP contribution >= 0.6 is 0 Å². The van der Waals surface area contributed by atoms with E-state index in [1.807, 2.05) is 44.2 Å². The Kier molecular flexibility index (Phi) is 6.54. The Morgan fingerprint density at radius 2 is 1.55 bits per heavy atom. The van der Waals surface area contributed by atoms with Crippen LogP contribution in [0.3, 0.4) is 0 Å². The molecule has 0 bridgehead atoms. The number of hydrogen-bond donors (Lipinski definition) is 1. The Labute approximate surface area is 192 Å². The Hall–Kier alpha value is -3.93. The molecule has 0 radical (unpaired) electrons. The van der Waals surface area contributed by atoms with Crippen molar-refractivity contribution in [2.24, 2.45) is 0 Å².